The monoisotopic (exact) mass is 325 g/mol. The van der Waals surface area contributed by atoms with Gasteiger partial charge in [0, 0.05) is 37.3 Å². The Labute approximate surface area is 137 Å². The van der Waals surface area contributed by atoms with Crippen molar-refractivity contribution >= 4 is 29.9 Å². The van der Waals surface area contributed by atoms with E-state index in [1.54, 1.807) is 24.3 Å². The number of anilines is 1. The predicted molar refractivity (Wildman–Crippen MR) is 90.3 cm³/mol. The van der Waals surface area contributed by atoms with Gasteiger partial charge in [-0.25, -0.2) is 0 Å². The first-order chi connectivity index (χ1) is 9.79. The maximum Gasteiger partial charge on any atom is 0.253 e. The molecule has 3 N–H and O–H groups in total. The molecule has 0 aromatic heterocycles. The third-order valence-corrected chi connectivity index (χ3v) is 4.05. The number of nitrogens with two attached hydrogens (primary N) is 1. The quantitative estimate of drug-likeness (QED) is 0.875. The summed E-state index contributed by atoms with van der Waals surface area (Å²) in [7, 11) is 0. The van der Waals surface area contributed by atoms with E-state index >= 15 is 0 Å². The predicted octanol–water partition coefficient (Wildman–Crippen LogP) is 2.27. The van der Waals surface area contributed by atoms with Crippen LogP contribution < -0.4 is 11.1 Å². The molecule has 1 heterocycles. The van der Waals surface area contributed by atoms with Gasteiger partial charge in [0.25, 0.3) is 5.91 Å². The minimum absolute atomic E-state index is 0. The van der Waals surface area contributed by atoms with E-state index < -0.39 is 0 Å². The molecular weight excluding hydrogens is 302 g/mol. The first-order valence-corrected chi connectivity index (χ1v) is 7.22. The standard InChI is InChI=1S/C16H23N3O2.ClH/c1-11(20)18-13-6-4-12(5-7-13)15(21)19-9-8-14(17)16(2,3)10-19;/h4-7,14H,8-10,17H2,1-3H3,(H,18,20);1H. The maximum atomic E-state index is 12.5. The second-order valence-corrected chi connectivity index (χ2v) is 6.37. The smallest absolute Gasteiger partial charge is 0.253 e. The lowest BCUT2D eigenvalue weighted by atomic mass is 9.79. The number of piperidine rings is 1. The molecule has 0 aliphatic carbocycles. The van der Waals surface area contributed by atoms with Gasteiger partial charge >= 0.3 is 0 Å². The number of halogens is 1. The van der Waals surface area contributed by atoms with E-state index in [0.29, 0.717) is 24.3 Å². The molecule has 22 heavy (non-hydrogen) atoms. The first-order valence-electron chi connectivity index (χ1n) is 7.22. The van der Waals surface area contributed by atoms with E-state index in [4.69, 9.17) is 5.73 Å². The number of likely N-dealkylation sites (tertiary alicyclic amines) is 1. The highest BCUT2D eigenvalue weighted by molar-refractivity contribution is 5.95. The fraction of sp³-hybridized carbons (Fsp3) is 0.500. The second-order valence-electron chi connectivity index (χ2n) is 6.37. The summed E-state index contributed by atoms with van der Waals surface area (Å²) in [6.45, 7) is 7.00. The molecule has 6 heteroatoms. The number of nitrogens with zero attached hydrogens (tertiary/aromatic N) is 1. The molecule has 1 aromatic carbocycles. The van der Waals surface area contributed by atoms with Crippen LogP contribution in [0.1, 0.15) is 37.6 Å². The van der Waals surface area contributed by atoms with Gasteiger partial charge < -0.3 is 16.0 Å². The SMILES string of the molecule is CC(=O)Nc1ccc(C(=O)N2CCC(N)C(C)(C)C2)cc1.Cl. The van der Waals surface area contributed by atoms with Crippen molar-refractivity contribution in [3.8, 4) is 0 Å². The van der Waals surface area contributed by atoms with E-state index in [1.165, 1.54) is 6.92 Å². The van der Waals surface area contributed by atoms with E-state index in [-0.39, 0.29) is 35.7 Å². The van der Waals surface area contributed by atoms with Gasteiger partial charge in [-0.2, -0.15) is 0 Å². The van der Waals surface area contributed by atoms with Crippen LogP contribution in [0.4, 0.5) is 5.69 Å². The summed E-state index contributed by atoms with van der Waals surface area (Å²) in [6.07, 6.45) is 0.822. The molecule has 1 fully saturated rings. The Hall–Kier alpha value is -1.59. The summed E-state index contributed by atoms with van der Waals surface area (Å²) in [5, 5.41) is 2.69. The second kappa shape index (κ2) is 7.11. The molecule has 0 spiro atoms. The molecule has 0 bridgehead atoms. The van der Waals surface area contributed by atoms with Crippen LogP contribution in [0.25, 0.3) is 0 Å². The average Bonchev–Trinajstić information content (AvgIpc) is 2.41. The summed E-state index contributed by atoms with van der Waals surface area (Å²) >= 11 is 0. The van der Waals surface area contributed by atoms with Crippen molar-refractivity contribution in [3.05, 3.63) is 29.8 Å². The Kier molecular flexibility index (Phi) is 5.97. The minimum Gasteiger partial charge on any atom is -0.338 e. The lowest BCUT2D eigenvalue weighted by Crippen LogP contribution is -2.53. The Morgan fingerprint density at radius 1 is 1.27 bits per heavy atom. The molecule has 1 aliphatic heterocycles. The van der Waals surface area contributed by atoms with Gasteiger partial charge in [0.1, 0.15) is 0 Å². The topological polar surface area (TPSA) is 75.4 Å². The van der Waals surface area contributed by atoms with E-state index in [0.717, 1.165) is 6.42 Å². The molecular formula is C16H24ClN3O2. The third-order valence-electron chi connectivity index (χ3n) is 4.05. The summed E-state index contributed by atoms with van der Waals surface area (Å²) in [5.41, 5.74) is 7.37. The van der Waals surface area contributed by atoms with Crippen LogP contribution in [0.5, 0.6) is 0 Å². The van der Waals surface area contributed by atoms with E-state index in [1.807, 2.05) is 4.90 Å². The molecule has 0 saturated carbocycles. The summed E-state index contributed by atoms with van der Waals surface area (Å²) < 4.78 is 0. The molecule has 1 saturated heterocycles. The highest BCUT2D eigenvalue weighted by Gasteiger charge is 2.35. The lowest BCUT2D eigenvalue weighted by Gasteiger charge is -2.42. The van der Waals surface area contributed by atoms with E-state index in [2.05, 4.69) is 19.2 Å². The molecule has 2 rings (SSSR count). The van der Waals surface area contributed by atoms with Crippen LogP contribution in [0.3, 0.4) is 0 Å². The van der Waals surface area contributed by atoms with Gasteiger partial charge in [-0.15, -0.1) is 12.4 Å². The van der Waals surface area contributed by atoms with Crippen molar-refractivity contribution in [2.75, 3.05) is 18.4 Å². The zero-order valence-corrected chi connectivity index (χ0v) is 14.1. The maximum absolute atomic E-state index is 12.5. The molecule has 5 nitrogen and oxygen atoms in total. The van der Waals surface area contributed by atoms with Crippen LogP contribution in [-0.2, 0) is 4.79 Å². The van der Waals surface area contributed by atoms with Crippen LogP contribution in [0, 0.1) is 5.41 Å². The minimum atomic E-state index is -0.124. The fourth-order valence-electron chi connectivity index (χ4n) is 2.63. The van der Waals surface area contributed by atoms with Crippen LogP contribution in [0.2, 0.25) is 0 Å². The van der Waals surface area contributed by atoms with Gasteiger partial charge in [0.05, 0.1) is 0 Å². The zero-order chi connectivity index (χ0) is 15.6. The highest BCUT2D eigenvalue weighted by Crippen LogP contribution is 2.28. The fourth-order valence-corrected chi connectivity index (χ4v) is 2.63. The zero-order valence-electron chi connectivity index (χ0n) is 13.3. The summed E-state index contributed by atoms with van der Waals surface area (Å²) in [5.74, 6) is -0.106. The molecule has 122 valence electrons. The number of carbonyl (C=O) groups is 2. The normalized spacial score (nSPS) is 20.0. The largest absolute Gasteiger partial charge is 0.338 e. The highest BCUT2D eigenvalue weighted by atomic mass is 35.5. The van der Waals surface area contributed by atoms with Gasteiger partial charge in [0.15, 0.2) is 0 Å². The first kappa shape index (κ1) is 18.5. The van der Waals surface area contributed by atoms with Crippen molar-refractivity contribution < 1.29 is 9.59 Å². The molecule has 2 amide bonds. The Balaban J connectivity index is 0.00000242. The van der Waals surface area contributed by atoms with Gasteiger partial charge in [-0.05, 0) is 36.1 Å². The number of carbonyl (C=O) groups excluding carboxylic acids is 2. The molecule has 1 aromatic rings. The Bertz CT molecular complexity index is 543. The van der Waals surface area contributed by atoms with Crippen molar-refractivity contribution in [2.24, 2.45) is 11.1 Å². The van der Waals surface area contributed by atoms with Crippen molar-refractivity contribution in [2.45, 2.75) is 33.2 Å². The molecule has 1 atom stereocenters. The summed E-state index contributed by atoms with van der Waals surface area (Å²) in [4.78, 5) is 25.4. The van der Waals surface area contributed by atoms with Crippen molar-refractivity contribution in [3.63, 3.8) is 0 Å². The number of nitrogens with one attached hydrogen (secondary N) is 1. The van der Waals surface area contributed by atoms with Gasteiger partial charge in [0.2, 0.25) is 5.91 Å². The molecule has 0 radical (unpaired) electrons. The third kappa shape index (κ3) is 4.21. The van der Waals surface area contributed by atoms with Crippen LogP contribution >= 0.6 is 12.4 Å². The van der Waals surface area contributed by atoms with Gasteiger partial charge in [-0.1, -0.05) is 13.8 Å². The number of hydrogen-bond acceptors (Lipinski definition) is 3. The number of benzene rings is 1. The Morgan fingerprint density at radius 2 is 1.86 bits per heavy atom. The summed E-state index contributed by atoms with van der Waals surface area (Å²) in [6, 6.07) is 7.11. The number of hydrogen-bond donors (Lipinski definition) is 2. The van der Waals surface area contributed by atoms with Gasteiger partial charge in [-0.3, -0.25) is 9.59 Å². The number of amides is 2. The van der Waals surface area contributed by atoms with Crippen LogP contribution in [-0.4, -0.2) is 35.8 Å². The van der Waals surface area contributed by atoms with Crippen molar-refractivity contribution in [1.82, 2.24) is 4.90 Å². The molecule has 1 unspecified atom stereocenters. The van der Waals surface area contributed by atoms with E-state index in [9.17, 15) is 9.59 Å². The molecule has 1 aliphatic rings. The van der Waals surface area contributed by atoms with Crippen molar-refractivity contribution in [1.29, 1.82) is 0 Å². The lowest BCUT2D eigenvalue weighted by molar-refractivity contribution is -0.114. The number of rotatable bonds is 2. The van der Waals surface area contributed by atoms with Crippen LogP contribution in [0.15, 0.2) is 24.3 Å². The Morgan fingerprint density at radius 3 is 2.36 bits per heavy atom. The average molecular weight is 326 g/mol.